The summed E-state index contributed by atoms with van der Waals surface area (Å²) in [6.07, 6.45) is 0.427. The molecule has 1 fully saturated rings. The molecule has 1 aromatic rings. The van der Waals surface area contributed by atoms with Crippen molar-refractivity contribution in [3.05, 3.63) is 17.9 Å². The van der Waals surface area contributed by atoms with Crippen LogP contribution in [0.1, 0.15) is 12.2 Å². The quantitative estimate of drug-likeness (QED) is 0.851. The van der Waals surface area contributed by atoms with E-state index in [1.807, 2.05) is 13.0 Å². The number of morpholine rings is 1. The Hall–Kier alpha value is -1.33. The molecule has 1 aliphatic rings. The first-order chi connectivity index (χ1) is 8.16. The minimum Gasteiger partial charge on any atom is -0.445 e. The number of aryl methyl sites for hydroxylation is 1. The summed E-state index contributed by atoms with van der Waals surface area (Å²) in [6.45, 7) is 3.98. The lowest BCUT2D eigenvalue weighted by Gasteiger charge is -2.24. The Morgan fingerprint density at radius 3 is 3.00 bits per heavy atom. The molecule has 0 spiro atoms. The second kappa shape index (κ2) is 5.33. The van der Waals surface area contributed by atoms with E-state index in [0.29, 0.717) is 18.9 Å². The van der Waals surface area contributed by atoms with Gasteiger partial charge in [-0.3, -0.25) is 9.69 Å². The molecule has 5 heteroatoms. The first kappa shape index (κ1) is 12.1. The molecule has 1 N–H and O–H groups in total. The van der Waals surface area contributed by atoms with Crippen molar-refractivity contribution in [3.8, 4) is 0 Å². The van der Waals surface area contributed by atoms with Gasteiger partial charge in [0.05, 0.1) is 13.2 Å². The van der Waals surface area contributed by atoms with Gasteiger partial charge in [0, 0.05) is 32.1 Å². The molecular weight excluding hydrogens is 220 g/mol. The normalized spacial score (nSPS) is 20.2. The predicted molar refractivity (Wildman–Crippen MR) is 64.1 cm³/mol. The van der Waals surface area contributed by atoms with E-state index in [0.717, 1.165) is 18.9 Å². The van der Waals surface area contributed by atoms with Crippen LogP contribution >= 0.6 is 0 Å². The number of furan rings is 1. The number of ether oxygens (including phenoxy) is 1. The van der Waals surface area contributed by atoms with Crippen LogP contribution in [-0.2, 0) is 9.53 Å². The highest BCUT2D eigenvalue weighted by Crippen LogP contribution is 2.17. The van der Waals surface area contributed by atoms with Crippen LogP contribution in [0.5, 0.6) is 0 Å². The van der Waals surface area contributed by atoms with Gasteiger partial charge in [0.15, 0.2) is 0 Å². The molecule has 2 heterocycles. The van der Waals surface area contributed by atoms with E-state index in [1.54, 1.807) is 18.0 Å². The fraction of sp³-hybridized carbons (Fsp3) is 0.583. The predicted octanol–water partition coefficient (Wildman–Crippen LogP) is 0.929. The molecule has 0 saturated carbocycles. The van der Waals surface area contributed by atoms with Gasteiger partial charge in [-0.15, -0.1) is 0 Å². The monoisotopic (exact) mass is 238 g/mol. The zero-order chi connectivity index (χ0) is 12.3. The van der Waals surface area contributed by atoms with Crippen molar-refractivity contribution in [1.29, 1.82) is 0 Å². The second-order valence-electron chi connectivity index (χ2n) is 4.27. The molecule has 0 bridgehead atoms. The maximum Gasteiger partial charge on any atom is 0.230 e. The van der Waals surface area contributed by atoms with Gasteiger partial charge in [-0.1, -0.05) is 0 Å². The van der Waals surface area contributed by atoms with E-state index >= 15 is 0 Å². The number of amides is 1. The molecule has 0 aliphatic carbocycles. The Kier molecular flexibility index (Phi) is 3.81. The molecule has 1 atom stereocenters. The molecular formula is C12H18N2O3. The fourth-order valence-electron chi connectivity index (χ4n) is 1.82. The molecule has 0 radical (unpaired) electrons. The number of rotatable bonds is 3. The summed E-state index contributed by atoms with van der Waals surface area (Å²) in [5.41, 5.74) is 0. The Labute approximate surface area is 101 Å². The highest BCUT2D eigenvalue weighted by atomic mass is 16.5. The molecule has 1 aromatic heterocycles. The average molecular weight is 238 g/mol. The smallest absolute Gasteiger partial charge is 0.230 e. The Balaban J connectivity index is 1.90. The molecule has 1 aliphatic heterocycles. The van der Waals surface area contributed by atoms with Crippen molar-refractivity contribution in [2.24, 2.45) is 0 Å². The zero-order valence-electron chi connectivity index (χ0n) is 10.2. The molecule has 5 nitrogen and oxygen atoms in total. The Morgan fingerprint density at radius 1 is 1.59 bits per heavy atom. The first-order valence-corrected chi connectivity index (χ1v) is 5.81. The van der Waals surface area contributed by atoms with E-state index < -0.39 is 0 Å². The van der Waals surface area contributed by atoms with E-state index in [1.165, 1.54) is 0 Å². The van der Waals surface area contributed by atoms with Gasteiger partial charge in [0.25, 0.3) is 0 Å². The van der Waals surface area contributed by atoms with E-state index in [2.05, 4.69) is 5.32 Å². The fourth-order valence-corrected chi connectivity index (χ4v) is 1.82. The molecule has 1 unspecified atom stereocenters. The summed E-state index contributed by atoms with van der Waals surface area (Å²) in [7, 11) is 1.73. The lowest BCUT2D eigenvalue weighted by molar-refractivity contribution is -0.119. The van der Waals surface area contributed by atoms with Crippen molar-refractivity contribution in [3.63, 3.8) is 0 Å². The molecule has 0 aromatic carbocycles. The number of nitrogens with zero attached hydrogens (tertiary/aromatic N) is 1. The minimum absolute atomic E-state index is 0.0300. The summed E-state index contributed by atoms with van der Waals surface area (Å²) in [5, 5.41) is 3.26. The van der Waals surface area contributed by atoms with Gasteiger partial charge in [0.1, 0.15) is 5.76 Å². The van der Waals surface area contributed by atoms with Crippen LogP contribution < -0.4 is 10.2 Å². The Morgan fingerprint density at radius 2 is 2.41 bits per heavy atom. The van der Waals surface area contributed by atoms with Gasteiger partial charge < -0.3 is 14.5 Å². The molecule has 1 saturated heterocycles. The van der Waals surface area contributed by atoms with Crippen molar-refractivity contribution in [1.82, 2.24) is 5.32 Å². The average Bonchev–Trinajstić information content (AvgIpc) is 2.76. The highest BCUT2D eigenvalue weighted by Gasteiger charge is 2.21. The third-order valence-electron chi connectivity index (χ3n) is 2.85. The first-order valence-electron chi connectivity index (χ1n) is 5.81. The lowest BCUT2D eigenvalue weighted by atomic mass is 10.2. The van der Waals surface area contributed by atoms with E-state index in [9.17, 15) is 4.79 Å². The van der Waals surface area contributed by atoms with Gasteiger partial charge in [0.2, 0.25) is 11.8 Å². The van der Waals surface area contributed by atoms with Crippen LogP contribution in [0.3, 0.4) is 0 Å². The van der Waals surface area contributed by atoms with Crippen molar-refractivity contribution in [2.45, 2.75) is 19.4 Å². The molecule has 94 valence electrons. The zero-order valence-corrected chi connectivity index (χ0v) is 10.2. The number of hydrogen-bond acceptors (Lipinski definition) is 4. The van der Waals surface area contributed by atoms with Crippen molar-refractivity contribution >= 4 is 11.8 Å². The van der Waals surface area contributed by atoms with Crippen LogP contribution in [0.25, 0.3) is 0 Å². The summed E-state index contributed by atoms with van der Waals surface area (Å²) in [6, 6.07) is 3.76. The summed E-state index contributed by atoms with van der Waals surface area (Å²) < 4.78 is 10.7. The van der Waals surface area contributed by atoms with Crippen LogP contribution in [0.15, 0.2) is 16.5 Å². The van der Waals surface area contributed by atoms with Crippen LogP contribution in [0.2, 0.25) is 0 Å². The third-order valence-corrected chi connectivity index (χ3v) is 2.85. The number of carbonyl (C=O) groups excluding carboxylic acids is 1. The largest absolute Gasteiger partial charge is 0.445 e. The number of nitrogens with one attached hydrogen (secondary N) is 1. The van der Waals surface area contributed by atoms with Gasteiger partial charge in [-0.05, 0) is 13.0 Å². The molecule has 17 heavy (non-hydrogen) atoms. The van der Waals surface area contributed by atoms with Gasteiger partial charge in [-0.25, -0.2) is 0 Å². The minimum atomic E-state index is 0.0300. The summed E-state index contributed by atoms with van der Waals surface area (Å²) in [4.78, 5) is 13.5. The van der Waals surface area contributed by atoms with Gasteiger partial charge in [-0.2, -0.15) is 0 Å². The molecule has 1 amide bonds. The number of anilines is 1. The van der Waals surface area contributed by atoms with Crippen LogP contribution in [0, 0.1) is 6.92 Å². The maximum absolute atomic E-state index is 12.0. The lowest BCUT2D eigenvalue weighted by Crippen LogP contribution is -2.44. The number of carbonyl (C=O) groups is 1. The van der Waals surface area contributed by atoms with Gasteiger partial charge >= 0.3 is 0 Å². The SMILES string of the molecule is Cc1ccc(N(C)C(=O)CC2COCCN2)o1. The van der Waals surface area contributed by atoms with E-state index in [4.69, 9.17) is 9.15 Å². The number of hydrogen-bond donors (Lipinski definition) is 1. The van der Waals surface area contributed by atoms with Crippen molar-refractivity contribution < 1.29 is 13.9 Å². The second-order valence-corrected chi connectivity index (χ2v) is 4.27. The standard InChI is InChI=1S/C12H18N2O3/c1-9-3-4-12(17-9)14(2)11(15)7-10-8-16-6-5-13-10/h3-4,10,13H,5-8H2,1-2H3. The van der Waals surface area contributed by atoms with Crippen LogP contribution in [-0.4, -0.2) is 38.8 Å². The Bertz CT molecular complexity index is 383. The van der Waals surface area contributed by atoms with E-state index in [-0.39, 0.29) is 11.9 Å². The van der Waals surface area contributed by atoms with Crippen LogP contribution in [0.4, 0.5) is 5.88 Å². The third kappa shape index (κ3) is 3.08. The summed E-state index contributed by atoms with van der Waals surface area (Å²) >= 11 is 0. The topological polar surface area (TPSA) is 54.7 Å². The maximum atomic E-state index is 12.0. The van der Waals surface area contributed by atoms with Crippen molar-refractivity contribution in [2.75, 3.05) is 31.7 Å². The summed E-state index contributed by atoms with van der Waals surface area (Å²) in [5.74, 6) is 1.42. The molecule has 2 rings (SSSR count). The highest BCUT2D eigenvalue weighted by molar-refractivity contribution is 5.91.